The van der Waals surface area contributed by atoms with E-state index in [-0.39, 0.29) is 0 Å². The van der Waals surface area contributed by atoms with Crippen molar-refractivity contribution >= 4 is 17.3 Å². The van der Waals surface area contributed by atoms with Crippen LogP contribution in [0.1, 0.15) is 43.3 Å². The molecule has 0 atom stereocenters. The Morgan fingerprint density at radius 1 is 1.32 bits per heavy atom. The summed E-state index contributed by atoms with van der Waals surface area (Å²) >= 11 is 1.79. The Labute approximate surface area is 174 Å². The van der Waals surface area contributed by atoms with Crippen LogP contribution in [-0.2, 0) is 17.7 Å². The number of likely N-dealkylation sites (N-methyl/N-ethyl adjacent to an activating group) is 1. The molecule has 28 heavy (non-hydrogen) atoms. The number of aromatic nitrogens is 1. The van der Waals surface area contributed by atoms with Crippen molar-refractivity contribution < 1.29 is 4.74 Å². The first kappa shape index (κ1) is 21.5. The van der Waals surface area contributed by atoms with E-state index in [2.05, 4.69) is 39.5 Å². The summed E-state index contributed by atoms with van der Waals surface area (Å²) in [5, 5.41) is 7.04. The summed E-state index contributed by atoms with van der Waals surface area (Å²) in [5.74, 6) is 2.53. The number of ether oxygens (including phenoxy) is 1. The van der Waals surface area contributed by atoms with Gasteiger partial charge in [0.2, 0.25) is 0 Å². The van der Waals surface area contributed by atoms with Crippen LogP contribution in [0.3, 0.4) is 0 Å². The van der Waals surface area contributed by atoms with Crippen LogP contribution in [0.5, 0.6) is 0 Å². The minimum absolute atomic E-state index is 0.717. The molecule has 0 aromatic carbocycles. The maximum absolute atomic E-state index is 5.75. The fourth-order valence-corrected chi connectivity index (χ4v) is 4.36. The standard InChI is InChI=1S/C21H37N5OS/c1-4-20-24-19(16-28-20)14-26-9-7-17(8-10-26)13-23-21(22-2)25(3)11-12-27-15-18-5-6-18/h16-18H,4-15H2,1-3H3,(H,22,23). The van der Waals surface area contributed by atoms with Gasteiger partial charge in [-0.2, -0.15) is 0 Å². The molecule has 1 aromatic rings. The lowest BCUT2D eigenvalue weighted by atomic mass is 9.97. The quantitative estimate of drug-likeness (QED) is 0.367. The van der Waals surface area contributed by atoms with Gasteiger partial charge in [0.25, 0.3) is 0 Å². The molecule has 3 rings (SSSR count). The predicted molar refractivity (Wildman–Crippen MR) is 117 cm³/mol. The molecule has 2 fully saturated rings. The molecule has 1 N–H and O–H groups in total. The largest absolute Gasteiger partial charge is 0.379 e. The number of guanidine groups is 1. The van der Waals surface area contributed by atoms with Gasteiger partial charge in [-0.1, -0.05) is 6.92 Å². The first-order valence-corrected chi connectivity index (χ1v) is 11.7. The van der Waals surface area contributed by atoms with E-state index in [0.717, 1.165) is 64.2 Å². The molecular weight excluding hydrogens is 370 g/mol. The Hall–Kier alpha value is -1.18. The summed E-state index contributed by atoms with van der Waals surface area (Å²) in [6, 6.07) is 0. The monoisotopic (exact) mass is 407 g/mol. The lowest BCUT2D eigenvalue weighted by molar-refractivity contribution is 0.115. The normalized spacial score (nSPS) is 19.2. The number of piperidine rings is 1. The van der Waals surface area contributed by atoms with Gasteiger partial charge in [-0.15, -0.1) is 11.3 Å². The zero-order valence-corrected chi connectivity index (χ0v) is 18.6. The number of nitrogens with one attached hydrogen (secondary N) is 1. The average Bonchev–Trinajstić information content (AvgIpc) is 3.43. The van der Waals surface area contributed by atoms with Gasteiger partial charge in [0.05, 0.1) is 17.3 Å². The number of hydrogen-bond acceptors (Lipinski definition) is 5. The Morgan fingerprint density at radius 3 is 2.75 bits per heavy atom. The molecule has 1 aromatic heterocycles. The van der Waals surface area contributed by atoms with Gasteiger partial charge in [-0.3, -0.25) is 9.89 Å². The Morgan fingerprint density at radius 2 is 2.11 bits per heavy atom. The third kappa shape index (κ3) is 7.01. The maximum Gasteiger partial charge on any atom is 0.193 e. The predicted octanol–water partition coefficient (Wildman–Crippen LogP) is 2.85. The van der Waals surface area contributed by atoms with Crippen LogP contribution < -0.4 is 5.32 Å². The highest BCUT2D eigenvalue weighted by atomic mass is 32.1. The van der Waals surface area contributed by atoms with E-state index in [9.17, 15) is 0 Å². The van der Waals surface area contributed by atoms with E-state index < -0.39 is 0 Å². The van der Waals surface area contributed by atoms with Crippen molar-refractivity contribution in [2.24, 2.45) is 16.8 Å². The van der Waals surface area contributed by atoms with Crippen LogP contribution >= 0.6 is 11.3 Å². The second-order valence-electron chi connectivity index (χ2n) is 8.17. The molecule has 2 aliphatic rings. The third-order valence-electron chi connectivity index (χ3n) is 5.74. The number of likely N-dealkylation sites (tertiary alicyclic amines) is 1. The number of rotatable bonds is 10. The summed E-state index contributed by atoms with van der Waals surface area (Å²) in [6.45, 7) is 9.10. The van der Waals surface area contributed by atoms with Crippen molar-refractivity contribution in [3.05, 3.63) is 16.1 Å². The third-order valence-corrected chi connectivity index (χ3v) is 6.78. The molecule has 7 heteroatoms. The maximum atomic E-state index is 5.75. The minimum atomic E-state index is 0.717. The molecule has 158 valence electrons. The smallest absolute Gasteiger partial charge is 0.193 e. The van der Waals surface area contributed by atoms with Crippen LogP contribution in [0.25, 0.3) is 0 Å². The van der Waals surface area contributed by atoms with Crippen LogP contribution in [0.15, 0.2) is 10.4 Å². The first-order valence-electron chi connectivity index (χ1n) is 10.8. The highest BCUT2D eigenvalue weighted by Crippen LogP contribution is 2.28. The highest BCUT2D eigenvalue weighted by Gasteiger charge is 2.22. The zero-order chi connectivity index (χ0) is 19.8. The van der Waals surface area contributed by atoms with Gasteiger partial charge in [0, 0.05) is 45.7 Å². The second kappa shape index (κ2) is 11.1. The summed E-state index contributed by atoms with van der Waals surface area (Å²) in [4.78, 5) is 13.9. The summed E-state index contributed by atoms with van der Waals surface area (Å²) in [6.07, 6.45) is 6.22. The molecule has 0 unspecified atom stereocenters. The lowest BCUT2D eigenvalue weighted by Gasteiger charge is -2.32. The number of thiazole rings is 1. The van der Waals surface area contributed by atoms with E-state index in [1.807, 2.05) is 7.05 Å². The minimum Gasteiger partial charge on any atom is -0.379 e. The summed E-state index contributed by atoms with van der Waals surface area (Å²) < 4.78 is 5.75. The van der Waals surface area contributed by atoms with Crippen molar-refractivity contribution in [1.29, 1.82) is 0 Å². The van der Waals surface area contributed by atoms with Crippen LogP contribution in [0.4, 0.5) is 0 Å². The van der Waals surface area contributed by atoms with Crippen LogP contribution in [0.2, 0.25) is 0 Å². The van der Waals surface area contributed by atoms with Gasteiger partial charge in [0.15, 0.2) is 5.96 Å². The van der Waals surface area contributed by atoms with E-state index in [1.54, 1.807) is 11.3 Å². The molecule has 1 aliphatic carbocycles. The van der Waals surface area contributed by atoms with E-state index in [0.29, 0.717) is 5.92 Å². The van der Waals surface area contributed by atoms with Crippen molar-refractivity contribution in [3.63, 3.8) is 0 Å². The molecule has 1 aliphatic heterocycles. The molecule has 6 nitrogen and oxygen atoms in total. The topological polar surface area (TPSA) is 53.0 Å². The summed E-state index contributed by atoms with van der Waals surface area (Å²) in [5.41, 5.74) is 1.24. The molecule has 1 saturated carbocycles. The molecule has 0 radical (unpaired) electrons. The van der Waals surface area contributed by atoms with E-state index in [1.165, 1.54) is 36.4 Å². The van der Waals surface area contributed by atoms with Crippen molar-refractivity contribution in [1.82, 2.24) is 20.1 Å². The fraction of sp³-hybridized carbons (Fsp3) is 0.810. The molecule has 2 heterocycles. The molecule has 0 amide bonds. The average molecular weight is 408 g/mol. The molecule has 0 spiro atoms. The molecule has 1 saturated heterocycles. The van der Waals surface area contributed by atoms with Crippen molar-refractivity contribution in [3.8, 4) is 0 Å². The van der Waals surface area contributed by atoms with Crippen molar-refractivity contribution in [2.75, 3.05) is 53.5 Å². The Balaban J connectivity index is 1.30. The Kier molecular flexibility index (Phi) is 8.55. The van der Waals surface area contributed by atoms with Crippen LogP contribution in [-0.4, -0.2) is 74.2 Å². The van der Waals surface area contributed by atoms with Gasteiger partial charge in [-0.25, -0.2) is 4.98 Å². The SMILES string of the molecule is CCc1nc(CN2CCC(CNC(=NC)N(C)CCOCC3CC3)CC2)cs1. The van der Waals surface area contributed by atoms with Gasteiger partial charge in [0.1, 0.15) is 0 Å². The molecule has 0 bridgehead atoms. The first-order chi connectivity index (χ1) is 13.7. The molecular formula is C21H37N5OS. The van der Waals surface area contributed by atoms with Gasteiger partial charge < -0.3 is 15.0 Å². The second-order valence-corrected chi connectivity index (χ2v) is 9.12. The van der Waals surface area contributed by atoms with Crippen molar-refractivity contribution in [2.45, 2.75) is 45.6 Å². The highest BCUT2D eigenvalue weighted by molar-refractivity contribution is 7.09. The number of nitrogens with zero attached hydrogens (tertiary/aromatic N) is 4. The van der Waals surface area contributed by atoms with Gasteiger partial charge in [-0.05, 0) is 57.0 Å². The number of hydrogen-bond donors (Lipinski definition) is 1. The number of aliphatic imine (C=N–C) groups is 1. The lowest BCUT2D eigenvalue weighted by Crippen LogP contribution is -2.44. The zero-order valence-electron chi connectivity index (χ0n) is 17.8. The number of aryl methyl sites for hydroxylation is 1. The van der Waals surface area contributed by atoms with E-state index >= 15 is 0 Å². The Bertz CT molecular complexity index is 608. The van der Waals surface area contributed by atoms with E-state index in [4.69, 9.17) is 9.72 Å². The van der Waals surface area contributed by atoms with Crippen LogP contribution in [0, 0.1) is 11.8 Å². The summed E-state index contributed by atoms with van der Waals surface area (Å²) in [7, 11) is 3.96. The van der Waals surface area contributed by atoms with Gasteiger partial charge >= 0.3 is 0 Å². The fourth-order valence-electron chi connectivity index (χ4n) is 3.62.